The number of aryl methyl sites for hydroxylation is 3. The van der Waals surface area contributed by atoms with Gasteiger partial charge in [-0.1, -0.05) is 35.9 Å². The summed E-state index contributed by atoms with van der Waals surface area (Å²) in [6, 6.07) is 12.1. The quantitative estimate of drug-likeness (QED) is 0.215. The molecule has 3 N–H and O–H groups in total. The number of carbonyl (C=O) groups excluding carboxylic acids is 5. The average Bonchev–Trinajstić information content (AvgIpc) is 3.01. The van der Waals surface area contributed by atoms with Crippen molar-refractivity contribution in [2.45, 2.75) is 45.8 Å². The molecule has 1 heterocycles. The normalized spacial score (nSPS) is 14.4. The van der Waals surface area contributed by atoms with Crippen molar-refractivity contribution in [1.29, 1.82) is 0 Å². The number of amides is 4. The first-order valence-corrected chi connectivity index (χ1v) is 15.7. The van der Waals surface area contributed by atoms with Gasteiger partial charge in [-0.2, -0.15) is 13.2 Å². The molecule has 4 rings (SSSR count). The van der Waals surface area contributed by atoms with E-state index in [4.69, 9.17) is 5.73 Å². The first-order chi connectivity index (χ1) is 23.0. The van der Waals surface area contributed by atoms with Crippen LogP contribution in [0.1, 0.15) is 66.6 Å². The smallest absolute Gasteiger partial charge is 0.368 e. The average molecular weight is 680 g/mol. The Balaban J connectivity index is 1.63. The van der Waals surface area contributed by atoms with Crippen LogP contribution in [0.25, 0.3) is 0 Å². The number of benzene rings is 3. The Morgan fingerprint density at radius 2 is 1.57 bits per heavy atom. The van der Waals surface area contributed by atoms with E-state index in [1.54, 1.807) is 26.0 Å². The van der Waals surface area contributed by atoms with E-state index in [2.05, 4.69) is 5.32 Å². The third kappa shape index (κ3) is 8.91. The Morgan fingerprint density at radius 3 is 2.14 bits per heavy atom. The molecule has 0 bridgehead atoms. The van der Waals surface area contributed by atoms with E-state index in [-0.39, 0.29) is 43.7 Å². The Bertz CT molecular complexity index is 1750. The Kier molecular flexibility index (Phi) is 11.3. The molecule has 0 saturated heterocycles. The fourth-order valence-electron chi connectivity index (χ4n) is 6.11. The number of hydrogen-bond donors (Lipinski definition) is 2. The molecule has 3 aromatic rings. The minimum absolute atomic E-state index is 0.110. The monoisotopic (exact) mass is 679 g/mol. The highest BCUT2D eigenvalue weighted by atomic mass is 19.4. The molecule has 1 atom stereocenters. The number of Topliss-reactive ketones (excluding diaryl/α,β-unsaturated/α-hetero) is 1. The van der Waals surface area contributed by atoms with Gasteiger partial charge in [0.1, 0.15) is 0 Å². The molecule has 1 aliphatic rings. The van der Waals surface area contributed by atoms with Crippen molar-refractivity contribution in [3.05, 3.63) is 99.1 Å². The van der Waals surface area contributed by atoms with Crippen molar-refractivity contribution in [1.82, 2.24) is 14.7 Å². The van der Waals surface area contributed by atoms with Gasteiger partial charge in [-0.05, 0) is 87.8 Å². The molecular weight excluding hydrogens is 639 g/mol. The number of nitrogens with two attached hydrogens (primary N) is 1. The lowest BCUT2D eigenvalue weighted by Gasteiger charge is -2.37. The first-order valence-electron chi connectivity index (χ1n) is 15.7. The zero-order chi connectivity index (χ0) is 36.2. The number of primary amides is 1. The molecule has 0 aliphatic carbocycles. The third-order valence-corrected chi connectivity index (χ3v) is 8.46. The van der Waals surface area contributed by atoms with Crippen molar-refractivity contribution in [2.75, 3.05) is 45.6 Å². The van der Waals surface area contributed by atoms with Crippen LogP contribution in [0, 0.1) is 20.8 Å². The second-order valence-electron chi connectivity index (χ2n) is 12.6. The number of halogens is 3. The van der Waals surface area contributed by atoms with E-state index in [0.29, 0.717) is 34.4 Å². The summed E-state index contributed by atoms with van der Waals surface area (Å²) in [5, 5.41) is 2.59. The van der Waals surface area contributed by atoms with Gasteiger partial charge in [0.05, 0.1) is 18.2 Å². The number of fused-ring (bicyclic) bond motifs is 1. The maximum absolute atomic E-state index is 14.1. The Labute approximate surface area is 283 Å². The minimum Gasteiger partial charge on any atom is -0.368 e. The lowest BCUT2D eigenvalue weighted by atomic mass is 9.88. The number of hydrogen-bond acceptors (Lipinski definition) is 6. The molecule has 49 heavy (non-hydrogen) atoms. The fourth-order valence-corrected chi connectivity index (χ4v) is 6.11. The van der Waals surface area contributed by atoms with Gasteiger partial charge in [0.2, 0.25) is 11.8 Å². The van der Waals surface area contributed by atoms with E-state index in [0.717, 1.165) is 17.7 Å². The van der Waals surface area contributed by atoms with Crippen molar-refractivity contribution in [3.63, 3.8) is 0 Å². The van der Waals surface area contributed by atoms with Crippen LogP contribution in [0.5, 0.6) is 0 Å². The molecule has 13 heteroatoms. The molecule has 1 unspecified atom stereocenters. The highest BCUT2D eigenvalue weighted by molar-refractivity contribution is 6.47. The zero-order valence-corrected chi connectivity index (χ0v) is 28.1. The van der Waals surface area contributed by atoms with Crippen LogP contribution in [0.15, 0.2) is 54.6 Å². The number of carbonyl (C=O) groups is 5. The molecule has 0 spiro atoms. The number of nitrogens with zero attached hydrogens (tertiary/aromatic N) is 3. The molecule has 1 aliphatic heterocycles. The van der Waals surface area contributed by atoms with Gasteiger partial charge in [0.15, 0.2) is 0 Å². The Morgan fingerprint density at radius 1 is 0.939 bits per heavy atom. The predicted octanol–water partition coefficient (Wildman–Crippen LogP) is 4.46. The van der Waals surface area contributed by atoms with E-state index >= 15 is 0 Å². The second-order valence-corrected chi connectivity index (χ2v) is 12.6. The number of ketones is 1. The van der Waals surface area contributed by atoms with Gasteiger partial charge in [0, 0.05) is 42.9 Å². The van der Waals surface area contributed by atoms with Gasteiger partial charge in [0.25, 0.3) is 17.6 Å². The highest BCUT2D eigenvalue weighted by Gasteiger charge is 2.36. The maximum Gasteiger partial charge on any atom is 0.416 e. The highest BCUT2D eigenvalue weighted by Crippen LogP contribution is 2.36. The summed E-state index contributed by atoms with van der Waals surface area (Å²) in [7, 11) is 3.62. The maximum atomic E-state index is 14.1. The lowest BCUT2D eigenvalue weighted by molar-refractivity contribution is -0.137. The number of alkyl halides is 3. The SMILES string of the molecule is Cc1cc(C)c(C(=O)C(=O)Nc2ccc3c(c2)C(=O)N(CCC(=O)N(CCN(C)C)CC(N)=O)C(c2ccc(C(F)(F)F)cc2)C3)c(C)c1. The van der Waals surface area contributed by atoms with E-state index in [1.807, 2.05) is 38.1 Å². The number of likely N-dealkylation sites (N-methyl/N-ethyl adjacent to an activating group) is 1. The lowest BCUT2D eigenvalue weighted by Crippen LogP contribution is -2.45. The fraction of sp³-hybridized carbons (Fsp3) is 0.361. The van der Waals surface area contributed by atoms with Crippen molar-refractivity contribution >= 4 is 35.1 Å². The third-order valence-electron chi connectivity index (χ3n) is 8.46. The van der Waals surface area contributed by atoms with Crippen LogP contribution in [0.3, 0.4) is 0 Å². The van der Waals surface area contributed by atoms with Crippen LogP contribution in [-0.2, 0) is 27.0 Å². The molecule has 3 aromatic carbocycles. The van der Waals surface area contributed by atoms with Crippen molar-refractivity contribution in [2.24, 2.45) is 5.73 Å². The van der Waals surface area contributed by atoms with E-state index in [9.17, 15) is 37.1 Å². The van der Waals surface area contributed by atoms with Gasteiger partial charge in [-0.3, -0.25) is 24.0 Å². The van der Waals surface area contributed by atoms with Gasteiger partial charge in [-0.15, -0.1) is 0 Å². The summed E-state index contributed by atoms with van der Waals surface area (Å²) in [5.41, 5.74) is 8.53. The molecule has 0 radical (unpaired) electrons. The van der Waals surface area contributed by atoms with Crippen molar-refractivity contribution in [3.8, 4) is 0 Å². The van der Waals surface area contributed by atoms with Gasteiger partial charge >= 0.3 is 6.18 Å². The summed E-state index contributed by atoms with van der Waals surface area (Å²) in [6.45, 7) is 5.65. The second kappa shape index (κ2) is 15.0. The molecule has 260 valence electrons. The predicted molar refractivity (Wildman–Crippen MR) is 178 cm³/mol. The molecule has 0 fully saturated rings. The van der Waals surface area contributed by atoms with Gasteiger partial charge < -0.3 is 25.8 Å². The Hall–Kier alpha value is -5.04. The zero-order valence-electron chi connectivity index (χ0n) is 28.1. The molecule has 0 aromatic heterocycles. The van der Waals surface area contributed by atoms with Crippen LogP contribution in [0.2, 0.25) is 0 Å². The van der Waals surface area contributed by atoms with Crippen LogP contribution >= 0.6 is 0 Å². The number of nitrogens with one attached hydrogen (secondary N) is 1. The topological polar surface area (TPSA) is 133 Å². The largest absolute Gasteiger partial charge is 0.416 e. The molecular formula is C36H40F3N5O5. The van der Waals surface area contributed by atoms with Crippen LogP contribution < -0.4 is 11.1 Å². The molecule has 4 amide bonds. The van der Waals surface area contributed by atoms with E-state index in [1.165, 1.54) is 28.0 Å². The van der Waals surface area contributed by atoms with Gasteiger partial charge in [-0.25, -0.2) is 0 Å². The summed E-state index contributed by atoms with van der Waals surface area (Å²) >= 11 is 0. The summed E-state index contributed by atoms with van der Waals surface area (Å²) in [5.74, 6) is -3.24. The van der Waals surface area contributed by atoms with Crippen LogP contribution in [-0.4, -0.2) is 84.4 Å². The summed E-state index contributed by atoms with van der Waals surface area (Å²) in [4.78, 5) is 69.7. The number of rotatable bonds is 12. The minimum atomic E-state index is -4.55. The summed E-state index contributed by atoms with van der Waals surface area (Å²) < 4.78 is 40.0. The molecule has 0 saturated carbocycles. The van der Waals surface area contributed by atoms with Crippen molar-refractivity contribution < 1.29 is 37.1 Å². The summed E-state index contributed by atoms with van der Waals surface area (Å²) in [6.07, 6.45) is -4.52. The van der Waals surface area contributed by atoms with Crippen LogP contribution in [0.4, 0.5) is 18.9 Å². The van der Waals surface area contributed by atoms with E-state index < -0.39 is 47.2 Å². The number of anilines is 1. The standard InChI is InChI=1S/C36H40F3N5O5/c1-21-16-22(2)32(23(3)17-21)33(47)34(48)41-27-11-8-25-18-29(24-6-9-26(10-7-24)36(37,38)39)44(35(49)28(25)19-27)13-12-31(46)43(20-30(40)45)15-14-42(4)5/h6-11,16-17,19,29H,12-15,18,20H2,1-5H3,(H2,40,45)(H,41,48). The first kappa shape index (κ1) is 36.8. The molecule has 10 nitrogen and oxygen atoms in total.